The lowest BCUT2D eigenvalue weighted by molar-refractivity contribution is 0.0697. The van der Waals surface area contributed by atoms with Crippen molar-refractivity contribution in [2.45, 2.75) is 6.42 Å². The first-order valence-corrected chi connectivity index (χ1v) is 6.67. The van der Waals surface area contributed by atoms with Gasteiger partial charge in [0.1, 0.15) is 5.82 Å². The molecule has 2 amide bonds. The zero-order chi connectivity index (χ0) is 15.9. The predicted octanol–water partition coefficient (Wildman–Crippen LogP) is 2.89. The number of benzene rings is 2. The topological polar surface area (TPSA) is 78.4 Å². The Morgan fingerprint density at radius 3 is 2.23 bits per heavy atom. The van der Waals surface area contributed by atoms with Crippen LogP contribution >= 0.6 is 0 Å². The molecule has 0 heterocycles. The van der Waals surface area contributed by atoms with Crippen LogP contribution in [0, 0.1) is 5.82 Å². The molecule has 2 aromatic rings. The summed E-state index contributed by atoms with van der Waals surface area (Å²) in [4.78, 5) is 22.4. The van der Waals surface area contributed by atoms with Gasteiger partial charge in [0.2, 0.25) is 0 Å². The highest BCUT2D eigenvalue weighted by molar-refractivity contribution is 5.91. The van der Waals surface area contributed by atoms with Crippen molar-refractivity contribution in [3.8, 4) is 0 Å². The van der Waals surface area contributed by atoms with Gasteiger partial charge in [-0.1, -0.05) is 12.1 Å². The van der Waals surface area contributed by atoms with E-state index in [-0.39, 0.29) is 17.4 Å². The SMILES string of the molecule is O=C(NCCc1ccc(F)cc1)Nc1ccc(C(=O)O)cc1. The van der Waals surface area contributed by atoms with Gasteiger partial charge in [0, 0.05) is 12.2 Å². The van der Waals surface area contributed by atoms with Gasteiger partial charge in [-0.2, -0.15) is 0 Å². The van der Waals surface area contributed by atoms with E-state index in [0.29, 0.717) is 18.7 Å². The second kappa shape index (κ2) is 7.21. The molecular formula is C16H15FN2O3. The Labute approximate surface area is 126 Å². The first-order chi connectivity index (χ1) is 10.5. The maximum atomic E-state index is 12.7. The summed E-state index contributed by atoms with van der Waals surface area (Å²) in [5.74, 6) is -1.31. The van der Waals surface area contributed by atoms with Gasteiger partial charge in [-0.05, 0) is 48.4 Å². The third-order valence-electron chi connectivity index (χ3n) is 3.00. The number of halogens is 1. The van der Waals surface area contributed by atoms with Gasteiger partial charge < -0.3 is 15.7 Å². The Hall–Kier alpha value is -2.89. The van der Waals surface area contributed by atoms with Crippen molar-refractivity contribution in [1.82, 2.24) is 5.32 Å². The molecule has 2 aromatic carbocycles. The number of amides is 2. The van der Waals surface area contributed by atoms with Crippen molar-refractivity contribution >= 4 is 17.7 Å². The molecule has 2 rings (SSSR count). The van der Waals surface area contributed by atoms with E-state index in [1.807, 2.05) is 0 Å². The maximum Gasteiger partial charge on any atom is 0.335 e. The van der Waals surface area contributed by atoms with E-state index in [4.69, 9.17) is 5.11 Å². The number of nitrogens with one attached hydrogen (secondary N) is 2. The lowest BCUT2D eigenvalue weighted by Gasteiger charge is -2.08. The molecule has 3 N–H and O–H groups in total. The lowest BCUT2D eigenvalue weighted by Crippen LogP contribution is -2.30. The number of carbonyl (C=O) groups excluding carboxylic acids is 1. The highest BCUT2D eigenvalue weighted by atomic mass is 19.1. The second-order valence-electron chi connectivity index (χ2n) is 4.64. The molecule has 0 radical (unpaired) electrons. The summed E-state index contributed by atoms with van der Waals surface area (Å²) in [6.45, 7) is 0.407. The normalized spacial score (nSPS) is 10.0. The first-order valence-electron chi connectivity index (χ1n) is 6.67. The summed E-state index contributed by atoms with van der Waals surface area (Å²) >= 11 is 0. The molecule has 0 fully saturated rings. The fourth-order valence-electron chi connectivity index (χ4n) is 1.84. The molecular weight excluding hydrogens is 287 g/mol. The average molecular weight is 302 g/mol. The number of anilines is 1. The van der Waals surface area contributed by atoms with Crippen LogP contribution < -0.4 is 10.6 Å². The van der Waals surface area contributed by atoms with Crippen molar-refractivity contribution in [2.75, 3.05) is 11.9 Å². The van der Waals surface area contributed by atoms with Gasteiger partial charge in [0.25, 0.3) is 0 Å². The van der Waals surface area contributed by atoms with Crippen LogP contribution in [0.5, 0.6) is 0 Å². The molecule has 0 bridgehead atoms. The number of carboxylic acid groups (broad SMARTS) is 1. The van der Waals surface area contributed by atoms with Crippen LogP contribution in [-0.2, 0) is 6.42 Å². The minimum Gasteiger partial charge on any atom is -0.478 e. The van der Waals surface area contributed by atoms with Crippen molar-refractivity contribution in [2.24, 2.45) is 0 Å². The quantitative estimate of drug-likeness (QED) is 0.794. The largest absolute Gasteiger partial charge is 0.478 e. The summed E-state index contributed by atoms with van der Waals surface area (Å²) in [6.07, 6.45) is 0.589. The zero-order valence-corrected chi connectivity index (χ0v) is 11.7. The van der Waals surface area contributed by atoms with Crippen LogP contribution in [0.25, 0.3) is 0 Å². The number of hydrogen-bond donors (Lipinski definition) is 3. The molecule has 0 spiro atoms. The van der Waals surface area contributed by atoms with E-state index in [1.165, 1.54) is 36.4 Å². The summed E-state index contributed by atoms with van der Waals surface area (Å²) in [5, 5.41) is 14.0. The number of rotatable bonds is 5. The molecule has 0 atom stereocenters. The van der Waals surface area contributed by atoms with Crippen LogP contribution in [0.1, 0.15) is 15.9 Å². The molecule has 0 aliphatic rings. The Balaban J connectivity index is 1.77. The molecule has 0 saturated carbocycles. The molecule has 0 unspecified atom stereocenters. The van der Waals surface area contributed by atoms with Crippen molar-refractivity contribution in [1.29, 1.82) is 0 Å². The fraction of sp³-hybridized carbons (Fsp3) is 0.125. The monoisotopic (exact) mass is 302 g/mol. The Morgan fingerprint density at radius 2 is 1.64 bits per heavy atom. The summed E-state index contributed by atoms with van der Waals surface area (Å²) in [5.41, 5.74) is 1.58. The van der Waals surface area contributed by atoms with Gasteiger partial charge in [-0.25, -0.2) is 14.0 Å². The number of aromatic carboxylic acids is 1. The summed E-state index contributed by atoms with van der Waals surface area (Å²) in [7, 11) is 0. The number of urea groups is 1. The van der Waals surface area contributed by atoms with E-state index in [1.54, 1.807) is 12.1 Å². The fourth-order valence-corrected chi connectivity index (χ4v) is 1.84. The molecule has 0 saturated heterocycles. The molecule has 6 heteroatoms. The van der Waals surface area contributed by atoms with Crippen molar-refractivity contribution < 1.29 is 19.1 Å². The molecule has 22 heavy (non-hydrogen) atoms. The van der Waals surface area contributed by atoms with Gasteiger partial charge in [0.05, 0.1) is 5.56 Å². The van der Waals surface area contributed by atoms with Crippen molar-refractivity contribution in [3.63, 3.8) is 0 Å². The second-order valence-corrected chi connectivity index (χ2v) is 4.64. The average Bonchev–Trinajstić information content (AvgIpc) is 2.50. The Kier molecular flexibility index (Phi) is 5.08. The Morgan fingerprint density at radius 1 is 1.00 bits per heavy atom. The van der Waals surface area contributed by atoms with Crippen LogP contribution in [0.15, 0.2) is 48.5 Å². The van der Waals surface area contributed by atoms with E-state index < -0.39 is 5.97 Å². The van der Waals surface area contributed by atoms with Gasteiger partial charge in [0.15, 0.2) is 0 Å². The number of carboxylic acids is 1. The Bertz CT molecular complexity index is 654. The summed E-state index contributed by atoms with van der Waals surface area (Å²) < 4.78 is 12.7. The molecule has 5 nitrogen and oxygen atoms in total. The summed E-state index contributed by atoms with van der Waals surface area (Å²) in [6, 6.07) is 11.6. The molecule has 0 aliphatic heterocycles. The first kappa shape index (κ1) is 15.5. The van der Waals surface area contributed by atoms with Gasteiger partial charge in [-0.3, -0.25) is 0 Å². The highest BCUT2D eigenvalue weighted by Gasteiger charge is 2.04. The van der Waals surface area contributed by atoms with Crippen LogP contribution in [0.4, 0.5) is 14.9 Å². The van der Waals surface area contributed by atoms with Crippen molar-refractivity contribution in [3.05, 3.63) is 65.5 Å². The number of hydrogen-bond acceptors (Lipinski definition) is 2. The van der Waals surface area contributed by atoms with Crippen LogP contribution in [-0.4, -0.2) is 23.7 Å². The van der Waals surface area contributed by atoms with Gasteiger partial charge in [-0.15, -0.1) is 0 Å². The number of carbonyl (C=O) groups is 2. The minimum atomic E-state index is -1.02. The minimum absolute atomic E-state index is 0.155. The molecule has 0 aliphatic carbocycles. The van der Waals surface area contributed by atoms with E-state index in [9.17, 15) is 14.0 Å². The molecule has 0 aromatic heterocycles. The highest BCUT2D eigenvalue weighted by Crippen LogP contribution is 2.09. The standard InChI is InChI=1S/C16H15FN2O3/c17-13-5-1-11(2-6-13)9-10-18-16(22)19-14-7-3-12(4-8-14)15(20)21/h1-8H,9-10H2,(H,20,21)(H2,18,19,22). The van der Waals surface area contributed by atoms with Gasteiger partial charge >= 0.3 is 12.0 Å². The predicted molar refractivity (Wildman–Crippen MR) is 80.5 cm³/mol. The lowest BCUT2D eigenvalue weighted by atomic mass is 10.1. The van der Waals surface area contributed by atoms with E-state index in [0.717, 1.165) is 5.56 Å². The third-order valence-corrected chi connectivity index (χ3v) is 3.00. The van der Waals surface area contributed by atoms with E-state index >= 15 is 0 Å². The molecule has 114 valence electrons. The third kappa shape index (κ3) is 4.59. The van der Waals surface area contributed by atoms with Crippen LogP contribution in [0.2, 0.25) is 0 Å². The van der Waals surface area contributed by atoms with Crippen LogP contribution in [0.3, 0.4) is 0 Å². The zero-order valence-electron chi connectivity index (χ0n) is 11.7. The maximum absolute atomic E-state index is 12.7. The smallest absolute Gasteiger partial charge is 0.335 e. The van der Waals surface area contributed by atoms with E-state index in [2.05, 4.69) is 10.6 Å².